The molecule has 1 fully saturated rings. The van der Waals surface area contributed by atoms with Gasteiger partial charge in [0.15, 0.2) is 0 Å². The summed E-state index contributed by atoms with van der Waals surface area (Å²) in [6.07, 6.45) is 2.55. The van der Waals surface area contributed by atoms with Crippen LogP contribution in [-0.4, -0.2) is 27.2 Å². The van der Waals surface area contributed by atoms with Gasteiger partial charge in [-0.3, -0.25) is 0 Å². The minimum atomic E-state index is 0.289. The van der Waals surface area contributed by atoms with Crippen LogP contribution >= 0.6 is 23.4 Å². The van der Waals surface area contributed by atoms with E-state index in [4.69, 9.17) is 16.3 Å². The predicted octanol–water partition coefficient (Wildman–Crippen LogP) is 4.07. The number of imidazole rings is 1. The third kappa shape index (κ3) is 2.40. The van der Waals surface area contributed by atoms with Gasteiger partial charge in [-0.25, -0.2) is 4.98 Å². The molecule has 3 rings (SSSR count). The first kappa shape index (κ1) is 14.1. The van der Waals surface area contributed by atoms with Crippen molar-refractivity contribution in [3.8, 4) is 5.75 Å². The Kier molecular flexibility index (Phi) is 3.87. The van der Waals surface area contributed by atoms with Gasteiger partial charge in [0.25, 0.3) is 0 Å². The average Bonchev–Trinajstić information content (AvgIpc) is 3.03. The van der Waals surface area contributed by atoms with Crippen molar-refractivity contribution >= 4 is 34.4 Å². The first-order chi connectivity index (χ1) is 9.67. The van der Waals surface area contributed by atoms with Crippen LogP contribution in [0.2, 0.25) is 0 Å². The number of para-hydroxylation sites is 1. The minimum absolute atomic E-state index is 0.289. The van der Waals surface area contributed by atoms with E-state index in [-0.39, 0.29) is 4.75 Å². The topological polar surface area (TPSA) is 27.1 Å². The first-order valence-corrected chi connectivity index (χ1v) is 8.41. The van der Waals surface area contributed by atoms with E-state index in [0.29, 0.717) is 5.88 Å². The molecule has 1 aliphatic rings. The van der Waals surface area contributed by atoms with Crippen LogP contribution in [0, 0.1) is 0 Å². The largest absolute Gasteiger partial charge is 0.494 e. The summed E-state index contributed by atoms with van der Waals surface area (Å²) < 4.78 is 7.97. The molecule has 0 N–H and O–H groups in total. The minimum Gasteiger partial charge on any atom is -0.494 e. The van der Waals surface area contributed by atoms with Gasteiger partial charge in [-0.1, -0.05) is 6.07 Å². The Morgan fingerprint density at radius 1 is 1.50 bits per heavy atom. The molecule has 20 heavy (non-hydrogen) atoms. The molecule has 1 aromatic carbocycles. The number of methoxy groups -OCH3 is 1. The summed E-state index contributed by atoms with van der Waals surface area (Å²) in [4.78, 5) is 4.67. The molecule has 0 radical (unpaired) electrons. The summed E-state index contributed by atoms with van der Waals surface area (Å²) in [5.74, 6) is 3.43. The van der Waals surface area contributed by atoms with Gasteiger partial charge in [0.1, 0.15) is 17.1 Å². The van der Waals surface area contributed by atoms with Crippen molar-refractivity contribution in [3.63, 3.8) is 0 Å². The van der Waals surface area contributed by atoms with E-state index in [9.17, 15) is 0 Å². The van der Waals surface area contributed by atoms with Crippen LogP contribution in [0.4, 0.5) is 0 Å². The molecule has 5 heteroatoms. The van der Waals surface area contributed by atoms with E-state index < -0.39 is 0 Å². The number of hydrogen-bond acceptors (Lipinski definition) is 3. The molecule has 0 spiro atoms. The van der Waals surface area contributed by atoms with Crippen LogP contribution in [0.15, 0.2) is 18.2 Å². The third-order valence-corrected chi connectivity index (χ3v) is 5.72. The standard InChI is InChI=1S/C15H19ClN2OS/c1-15(7-4-8-20-15)10-18-11-5-3-6-12(19-2)14(11)17-13(18)9-16/h3,5-6H,4,7-10H2,1-2H3. The monoisotopic (exact) mass is 310 g/mol. The molecule has 0 amide bonds. The van der Waals surface area contributed by atoms with E-state index in [0.717, 1.165) is 29.2 Å². The Morgan fingerprint density at radius 2 is 2.35 bits per heavy atom. The molecular formula is C15H19ClN2OS. The molecule has 108 valence electrons. The van der Waals surface area contributed by atoms with Crippen LogP contribution in [-0.2, 0) is 12.4 Å². The molecule has 2 heterocycles. The van der Waals surface area contributed by atoms with Crippen molar-refractivity contribution in [3.05, 3.63) is 24.0 Å². The lowest BCUT2D eigenvalue weighted by molar-refractivity contribution is 0.419. The zero-order chi connectivity index (χ0) is 14.2. The number of hydrogen-bond donors (Lipinski definition) is 0. The Morgan fingerprint density at radius 3 is 3.00 bits per heavy atom. The number of rotatable bonds is 4. The number of halogens is 1. The highest BCUT2D eigenvalue weighted by atomic mass is 35.5. The highest BCUT2D eigenvalue weighted by molar-refractivity contribution is 8.00. The van der Waals surface area contributed by atoms with Gasteiger partial charge in [0.05, 0.1) is 18.5 Å². The zero-order valence-electron chi connectivity index (χ0n) is 11.9. The molecule has 0 aliphatic carbocycles. The normalized spacial score (nSPS) is 22.6. The fourth-order valence-electron chi connectivity index (χ4n) is 2.91. The highest BCUT2D eigenvalue weighted by Gasteiger charge is 2.31. The lowest BCUT2D eigenvalue weighted by Crippen LogP contribution is -2.24. The summed E-state index contributed by atoms with van der Waals surface area (Å²) in [6, 6.07) is 6.06. The first-order valence-electron chi connectivity index (χ1n) is 6.89. The number of ether oxygens (including phenoxy) is 1. The van der Waals surface area contributed by atoms with Crippen LogP contribution in [0.1, 0.15) is 25.6 Å². The molecular weight excluding hydrogens is 292 g/mol. The van der Waals surface area contributed by atoms with Crippen molar-refractivity contribution < 1.29 is 4.74 Å². The molecule has 0 saturated carbocycles. The van der Waals surface area contributed by atoms with Crippen LogP contribution < -0.4 is 4.74 Å². The lowest BCUT2D eigenvalue weighted by Gasteiger charge is -2.24. The van der Waals surface area contributed by atoms with E-state index >= 15 is 0 Å². The van der Waals surface area contributed by atoms with Gasteiger partial charge >= 0.3 is 0 Å². The van der Waals surface area contributed by atoms with Crippen LogP contribution in [0.3, 0.4) is 0 Å². The van der Waals surface area contributed by atoms with Gasteiger partial charge in [0, 0.05) is 11.3 Å². The molecule has 3 nitrogen and oxygen atoms in total. The molecule has 1 saturated heterocycles. The van der Waals surface area contributed by atoms with E-state index in [1.165, 1.54) is 18.6 Å². The average molecular weight is 311 g/mol. The van der Waals surface area contributed by atoms with Crippen LogP contribution in [0.25, 0.3) is 11.0 Å². The molecule has 1 atom stereocenters. The zero-order valence-corrected chi connectivity index (χ0v) is 13.4. The Hall–Kier alpha value is -0.870. The third-order valence-electron chi connectivity index (χ3n) is 3.95. The number of alkyl halides is 1. The van der Waals surface area contributed by atoms with Crippen molar-refractivity contribution in [2.45, 2.75) is 36.9 Å². The second-order valence-electron chi connectivity index (χ2n) is 5.48. The van der Waals surface area contributed by atoms with Crippen molar-refractivity contribution in [1.29, 1.82) is 0 Å². The number of aromatic nitrogens is 2. The fraction of sp³-hybridized carbons (Fsp3) is 0.533. The van der Waals surface area contributed by atoms with E-state index in [2.05, 4.69) is 34.3 Å². The Balaban J connectivity index is 2.08. The summed E-state index contributed by atoms with van der Waals surface area (Å²) in [5.41, 5.74) is 2.03. The van der Waals surface area contributed by atoms with E-state index in [1.807, 2.05) is 12.1 Å². The summed E-state index contributed by atoms with van der Waals surface area (Å²) >= 11 is 8.16. The SMILES string of the molecule is COc1cccc2c1nc(CCl)n2CC1(C)CCCS1. The summed E-state index contributed by atoms with van der Waals surface area (Å²) in [5, 5.41) is 0. The molecule has 0 bridgehead atoms. The second kappa shape index (κ2) is 5.49. The van der Waals surface area contributed by atoms with Crippen molar-refractivity contribution in [2.75, 3.05) is 12.9 Å². The highest BCUT2D eigenvalue weighted by Crippen LogP contribution is 2.40. The van der Waals surface area contributed by atoms with Crippen molar-refractivity contribution in [1.82, 2.24) is 9.55 Å². The molecule has 1 aromatic heterocycles. The second-order valence-corrected chi connectivity index (χ2v) is 7.43. The van der Waals surface area contributed by atoms with Gasteiger partial charge < -0.3 is 9.30 Å². The van der Waals surface area contributed by atoms with Gasteiger partial charge in [0.2, 0.25) is 0 Å². The van der Waals surface area contributed by atoms with E-state index in [1.54, 1.807) is 7.11 Å². The molecule has 1 unspecified atom stereocenters. The number of fused-ring (bicyclic) bond motifs is 1. The Labute approximate surface area is 128 Å². The van der Waals surface area contributed by atoms with Crippen LogP contribution in [0.5, 0.6) is 5.75 Å². The van der Waals surface area contributed by atoms with Gasteiger partial charge in [-0.05, 0) is 37.7 Å². The van der Waals surface area contributed by atoms with Crippen molar-refractivity contribution in [2.24, 2.45) is 0 Å². The lowest BCUT2D eigenvalue weighted by atomic mass is 10.1. The molecule has 2 aromatic rings. The Bertz CT molecular complexity index is 620. The van der Waals surface area contributed by atoms with Gasteiger partial charge in [-0.15, -0.1) is 11.6 Å². The predicted molar refractivity (Wildman–Crippen MR) is 85.9 cm³/mol. The quantitative estimate of drug-likeness (QED) is 0.797. The summed E-state index contributed by atoms with van der Waals surface area (Å²) in [7, 11) is 1.68. The maximum atomic E-state index is 6.10. The summed E-state index contributed by atoms with van der Waals surface area (Å²) in [6.45, 7) is 3.30. The van der Waals surface area contributed by atoms with Gasteiger partial charge in [-0.2, -0.15) is 11.8 Å². The smallest absolute Gasteiger partial charge is 0.146 e. The molecule has 1 aliphatic heterocycles. The number of nitrogens with zero attached hydrogens (tertiary/aromatic N) is 2. The maximum Gasteiger partial charge on any atom is 0.146 e. The maximum absolute atomic E-state index is 6.10. The fourth-order valence-corrected chi connectivity index (χ4v) is 4.40. The number of benzene rings is 1. The number of thioether (sulfide) groups is 1.